The summed E-state index contributed by atoms with van der Waals surface area (Å²) in [4.78, 5) is 38.3. The smallest absolute Gasteiger partial charge is 0.407 e. The van der Waals surface area contributed by atoms with Crippen LogP contribution in [0.25, 0.3) is 11.1 Å². The maximum atomic E-state index is 13.0. The number of rotatable bonds is 9. The zero-order valence-corrected chi connectivity index (χ0v) is 18.5. The number of carboxylic acid groups (broad SMARTS) is 1. The number of hydrogen-bond donors (Lipinski definition) is 3. The van der Waals surface area contributed by atoms with Gasteiger partial charge in [0.25, 0.3) is 0 Å². The Bertz CT molecular complexity index is 1140. The molecule has 0 saturated heterocycles. The van der Waals surface area contributed by atoms with Gasteiger partial charge in [-0.2, -0.15) is 5.21 Å². The van der Waals surface area contributed by atoms with E-state index in [2.05, 4.69) is 25.9 Å². The number of amides is 2. The SMILES string of the molecule is CCN(Cc1nn[nH]n1)C(=O)C(CC(=O)O)NC(=O)OCC1c2ccccc2-c2ccccc21. The lowest BCUT2D eigenvalue weighted by molar-refractivity contribution is -0.142. The maximum Gasteiger partial charge on any atom is 0.407 e. The number of alkyl carbamates (subject to hydrolysis) is 1. The molecule has 2 amide bonds. The van der Waals surface area contributed by atoms with Gasteiger partial charge < -0.3 is 20.1 Å². The summed E-state index contributed by atoms with van der Waals surface area (Å²) < 4.78 is 5.47. The normalized spacial score (nSPS) is 13.0. The molecule has 1 aromatic heterocycles. The molecule has 0 bridgehead atoms. The topological polar surface area (TPSA) is 150 Å². The van der Waals surface area contributed by atoms with Crippen molar-refractivity contribution >= 4 is 18.0 Å². The molecule has 34 heavy (non-hydrogen) atoms. The summed E-state index contributed by atoms with van der Waals surface area (Å²) in [6.07, 6.45) is -1.46. The van der Waals surface area contributed by atoms with Crippen LogP contribution in [-0.4, -0.2) is 67.8 Å². The summed E-state index contributed by atoms with van der Waals surface area (Å²) >= 11 is 0. The molecule has 1 aliphatic carbocycles. The Labute approximate surface area is 195 Å². The number of aromatic nitrogens is 4. The molecule has 0 aliphatic heterocycles. The van der Waals surface area contributed by atoms with Gasteiger partial charge >= 0.3 is 12.1 Å². The molecule has 176 valence electrons. The Morgan fingerprint density at radius 2 is 1.76 bits per heavy atom. The first-order valence-electron chi connectivity index (χ1n) is 10.8. The number of aromatic amines is 1. The van der Waals surface area contributed by atoms with Crippen molar-refractivity contribution in [2.75, 3.05) is 13.2 Å². The minimum Gasteiger partial charge on any atom is -0.481 e. The number of aliphatic carboxylic acids is 1. The van der Waals surface area contributed by atoms with Gasteiger partial charge in [-0.3, -0.25) is 9.59 Å². The molecule has 0 saturated carbocycles. The van der Waals surface area contributed by atoms with Gasteiger partial charge in [0.05, 0.1) is 13.0 Å². The molecule has 1 aliphatic rings. The standard InChI is InChI=1S/C23H24N6O5/c1-2-29(12-20-25-27-28-26-20)22(32)19(11-21(30)31)24-23(33)34-13-18-16-9-5-3-7-14(16)15-8-4-6-10-17(15)18/h3-10,18-19H,2,11-13H2,1H3,(H,24,33)(H,30,31)(H,25,26,27,28). The number of hydrogen-bond acceptors (Lipinski definition) is 7. The highest BCUT2D eigenvalue weighted by molar-refractivity contribution is 5.89. The Morgan fingerprint density at radius 3 is 2.32 bits per heavy atom. The van der Waals surface area contributed by atoms with E-state index in [4.69, 9.17) is 4.74 Å². The maximum absolute atomic E-state index is 13.0. The molecule has 3 aromatic rings. The van der Waals surface area contributed by atoms with Crippen LogP contribution in [0.3, 0.4) is 0 Å². The van der Waals surface area contributed by atoms with Crippen molar-refractivity contribution in [2.45, 2.75) is 31.8 Å². The van der Waals surface area contributed by atoms with E-state index in [1.54, 1.807) is 6.92 Å². The van der Waals surface area contributed by atoms with Crippen LogP contribution in [0.4, 0.5) is 4.79 Å². The minimum absolute atomic E-state index is 0.0221. The number of H-pyrrole nitrogens is 1. The molecular formula is C23H24N6O5. The number of fused-ring (bicyclic) bond motifs is 3. The molecule has 1 heterocycles. The summed E-state index contributed by atoms with van der Waals surface area (Å²) in [6.45, 7) is 2.06. The van der Waals surface area contributed by atoms with Crippen molar-refractivity contribution in [3.05, 3.63) is 65.5 Å². The van der Waals surface area contributed by atoms with Crippen molar-refractivity contribution in [1.82, 2.24) is 30.8 Å². The van der Waals surface area contributed by atoms with Crippen LogP contribution >= 0.6 is 0 Å². The summed E-state index contributed by atoms with van der Waals surface area (Å²) in [5.41, 5.74) is 4.27. The minimum atomic E-state index is -1.31. The predicted octanol–water partition coefficient (Wildman–Crippen LogP) is 1.93. The Morgan fingerprint density at radius 1 is 1.12 bits per heavy atom. The quantitative estimate of drug-likeness (QED) is 0.435. The third kappa shape index (κ3) is 4.87. The predicted molar refractivity (Wildman–Crippen MR) is 120 cm³/mol. The fraction of sp³-hybridized carbons (Fsp3) is 0.304. The monoisotopic (exact) mass is 464 g/mol. The van der Waals surface area contributed by atoms with Gasteiger partial charge in [0.1, 0.15) is 12.6 Å². The molecule has 1 unspecified atom stereocenters. The number of benzene rings is 2. The second-order valence-corrected chi connectivity index (χ2v) is 7.80. The molecule has 2 aromatic carbocycles. The van der Waals surface area contributed by atoms with Crippen molar-refractivity contribution in [1.29, 1.82) is 0 Å². The molecule has 4 rings (SSSR count). The van der Waals surface area contributed by atoms with Crippen LogP contribution in [-0.2, 0) is 20.9 Å². The van der Waals surface area contributed by atoms with E-state index in [1.807, 2.05) is 48.5 Å². The van der Waals surface area contributed by atoms with E-state index in [1.165, 1.54) is 4.90 Å². The van der Waals surface area contributed by atoms with E-state index >= 15 is 0 Å². The first-order chi connectivity index (χ1) is 16.5. The lowest BCUT2D eigenvalue weighted by atomic mass is 9.98. The van der Waals surface area contributed by atoms with Gasteiger partial charge in [-0.15, -0.1) is 10.2 Å². The highest BCUT2D eigenvalue weighted by Crippen LogP contribution is 2.44. The summed E-state index contributed by atoms with van der Waals surface area (Å²) in [6, 6.07) is 14.5. The molecule has 11 heteroatoms. The van der Waals surface area contributed by atoms with Gasteiger partial charge in [0.2, 0.25) is 5.91 Å². The number of carboxylic acids is 1. The van der Waals surface area contributed by atoms with Crippen LogP contribution < -0.4 is 5.32 Å². The number of nitrogens with one attached hydrogen (secondary N) is 2. The molecule has 0 radical (unpaired) electrons. The summed E-state index contributed by atoms with van der Waals surface area (Å²) in [5, 5.41) is 25.1. The van der Waals surface area contributed by atoms with Crippen LogP contribution in [0.2, 0.25) is 0 Å². The van der Waals surface area contributed by atoms with E-state index in [9.17, 15) is 19.5 Å². The third-order valence-corrected chi connectivity index (χ3v) is 5.73. The Balaban J connectivity index is 1.43. The fourth-order valence-electron chi connectivity index (χ4n) is 4.14. The van der Waals surface area contributed by atoms with Crippen molar-refractivity contribution < 1.29 is 24.2 Å². The zero-order valence-electron chi connectivity index (χ0n) is 18.5. The first kappa shape index (κ1) is 22.9. The van der Waals surface area contributed by atoms with Gasteiger partial charge in [0, 0.05) is 12.5 Å². The lowest BCUT2D eigenvalue weighted by Gasteiger charge is -2.25. The van der Waals surface area contributed by atoms with Crippen molar-refractivity contribution in [3.63, 3.8) is 0 Å². The molecule has 0 spiro atoms. The molecule has 3 N–H and O–H groups in total. The number of carbonyl (C=O) groups excluding carboxylic acids is 2. The molecule has 11 nitrogen and oxygen atoms in total. The van der Waals surface area contributed by atoms with E-state index < -0.39 is 30.4 Å². The largest absolute Gasteiger partial charge is 0.481 e. The Kier molecular flexibility index (Phi) is 6.81. The van der Waals surface area contributed by atoms with E-state index in [0.29, 0.717) is 0 Å². The second-order valence-electron chi connectivity index (χ2n) is 7.80. The average Bonchev–Trinajstić information content (AvgIpc) is 3.46. The number of ether oxygens (including phenoxy) is 1. The number of carbonyl (C=O) groups is 3. The fourth-order valence-corrected chi connectivity index (χ4v) is 4.14. The van der Waals surface area contributed by atoms with Gasteiger partial charge in [0.15, 0.2) is 5.82 Å². The number of tetrazole rings is 1. The highest BCUT2D eigenvalue weighted by atomic mass is 16.5. The highest BCUT2D eigenvalue weighted by Gasteiger charge is 2.31. The third-order valence-electron chi connectivity index (χ3n) is 5.73. The molecular weight excluding hydrogens is 440 g/mol. The number of nitrogens with zero attached hydrogens (tertiary/aromatic N) is 4. The van der Waals surface area contributed by atoms with Gasteiger partial charge in [-0.05, 0) is 29.2 Å². The van der Waals surface area contributed by atoms with Crippen molar-refractivity contribution in [2.24, 2.45) is 0 Å². The lowest BCUT2D eigenvalue weighted by Crippen LogP contribution is -2.49. The van der Waals surface area contributed by atoms with E-state index in [-0.39, 0.29) is 31.4 Å². The van der Waals surface area contributed by atoms with Gasteiger partial charge in [-0.25, -0.2) is 4.79 Å². The Hall–Kier alpha value is -4.28. The van der Waals surface area contributed by atoms with Gasteiger partial charge in [-0.1, -0.05) is 53.7 Å². The second kappa shape index (κ2) is 10.1. The van der Waals surface area contributed by atoms with Crippen LogP contribution in [0.15, 0.2) is 48.5 Å². The first-order valence-corrected chi connectivity index (χ1v) is 10.8. The summed E-state index contributed by atoms with van der Waals surface area (Å²) in [7, 11) is 0. The molecule has 1 atom stereocenters. The number of likely N-dealkylation sites (N-methyl/N-ethyl adjacent to an activating group) is 1. The van der Waals surface area contributed by atoms with Crippen molar-refractivity contribution in [3.8, 4) is 11.1 Å². The zero-order chi connectivity index (χ0) is 24.1. The van der Waals surface area contributed by atoms with Crippen LogP contribution in [0.1, 0.15) is 36.2 Å². The molecule has 0 fully saturated rings. The average molecular weight is 464 g/mol. The summed E-state index contributed by atoms with van der Waals surface area (Å²) in [5.74, 6) is -1.70. The van der Waals surface area contributed by atoms with E-state index in [0.717, 1.165) is 22.3 Å². The van der Waals surface area contributed by atoms with Crippen LogP contribution in [0.5, 0.6) is 0 Å². The van der Waals surface area contributed by atoms with Crippen LogP contribution in [0, 0.1) is 0 Å².